The molecule has 0 unspecified atom stereocenters. The molecule has 7 nitrogen and oxygen atoms in total. The third-order valence-corrected chi connectivity index (χ3v) is 8.71. The van der Waals surface area contributed by atoms with E-state index in [1.807, 2.05) is 35.2 Å². The molecule has 38 heavy (non-hydrogen) atoms. The summed E-state index contributed by atoms with van der Waals surface area (Å²) in [6, 6.07) is 13.7. The Labute approximate surface area is 227 Å². The summed E-state index contributed by atoms with van der Waals surface area (Å²) >= 11 is 5.93. The minimum absolute atomic E-state index is 0.0419. The first-order valence-corrected chi connectivity index (χ1v) is 15.2. The van der Waals surface area contributed by atoms with Gasteiger partial charge in [-0.2, -0.15) is 0 Å². The van der Waals surface area contributed by atoms with Crippen LogP contribution in [0.4, 0.5) is 15.9 Å². The molecule has 0 bridgehead atoms. The molecule has 200 valence electrons. The summed E-state index contributed by atoms with van der Waals surface area (Å²) in [6.07, 6.45) is 1.62. The highest BCUT2D eigenvalue weighted by atomic mass is 35.5. The van der Waals surface area contributed by atoms with E-state index in [4.69, 9.17) is 11.6 Å². The molecule has 1 aromatic heterocycles. The van der Waals surface area contributed by atoms with Crippen molar-refractivity contribution in [2.24, 2.45) is 0 Å². The van der Waals surface area contributed by atoms with Gasteiger partial charge in [0.25, 0.3) is 5.91 Å². The third-order valence-electron chi connectivity index (χ3n) is 6.91. The second kappa shape index (κ2) is 10.5. The monoisotopic (exact) mass is 556 g/mol. The third kappa shape index (κ3) is 5.20. The van der Waals surface area contributed by atoms with Crippen LogP contribution in [0.5, 0.6) is 0 Å². The maximum atomic E-state index is 14.4. The van der Waals surface area contributed by atoms with E-state index < -0.39 is 24.3 Å². The van der Waals surface area contributed by atoms with Crippen LogP contribution in [0.3, 0.4) is 0 Å². The molecule has 2 amide bonds. The van der Waals surface area contributed by atoms with Gasteiger partial charge in [-0.1, -0.05) is 49.7 Å². The van der Waals surface area contributed by atoms with Gasteiger partial charge in [-0.05, 0) is 54.6 Å². The molecule has 0 radical (unpaired) electrons. The topological polar surface area (TPSA) is 91.4 Å². The Morgan fingerprint density at radius 1 is 1.13 bits per heavy atom. The number of nitrogens with zero attached hydrogens (tertiary/aromatic N) is 2. The fraction of sp³-hybridized carbons (Fsp3) is 0.321. The zero-order chi connectivity index (χ0) is 27.8. The second-order valence-corrected chi connectivity index (χ2v) is 13.9. The quantitative estimate of drug-likeness (QED) is 0.400. The highest BCUT2D eigenvalue weighted by Crippen LogP contribution is 2.42. The minimum Gasteiger partial charge on any atom is -0.355 e. The summed E-state index contributed by atoms with van der Waals surface area (Å²) in [7, 11) is -0.997. The number of amides is 2. The predicted octanol–water partition coefficient (Wildman–Crippen LogP) is 5.00. The van der Waals surface area contributed by atoms with Crippen molar-refractivity contribution in [3.8, 4) is 0 Å². The number of carbonyl (C=O) groups is 2. The first-order chi connectivity index (χ1) is 17.9. The molecule has 0 spiro atoms. The van der Waals surface area contributed by atoms with Gasteiger partial charge in [0.1, 0.15) is 24.2 Å². The predicted molar refractivity (Wildman–Crippen MR) is 151 cm³/mol. The number of halogens is 2. The van der Waals surface area contributed by atoms with Crippen molar-refractivity contribution in [1.29, 1.82) is 0 Å². The standard InChI is InChI=1S/C28H31ClFN4O3P/c1-17(2)19-8-6-7-9-21(19)28(15-34(16-28)25-11-10-18(14-32-25)38(4,5)37)27(36)33-24-13-23(30)22(29)12-20(24)26(35)31-3/h6-14,17H,15-16H2,1-5H3,(H,31,35)(H,33,36). The van der Waals surface area contributed by atoms with Crippen LogP contribution in [0.25, 0.3) is 0 Å². The molecule has 1 saturated heterocycles. The second-order valence-electron chi connectivity index (χ2n) is 10.3. The van der Waals surface area contributed by atoms with Crippen LogP contribution < -0.4 is 20.8 Å². The number of aromatic nitrogens is 1. The number of rotatable bonds is 7. The molecule has 0 atom stereocenters. The van der Waals surface area contributed by atoms with Gasteiger partial charge in [-0.25, -0.2) is 9.37 Å². The van der Waals surface area contributed by atoms with Gasteiger partial charge in [0.15, 0.2) is 0 Å². The average Bonchev–Trinajstić information content (AvgIpc) is 2.85. The molecular formula is C28H31ClFN4O3P. The first-order valence-electron chi connectivity index (χ1n) is 12.3. The number of nitrogens with one attached hydrogen (secondary N) is 2. The van der Waals surface area contributed by atoms with Crippen molar-refractivity contribution in [2.45, 2.75) is 25.2 Å². The van der Waals surface area contributed by atoms with Crippen molar-refractivity contribution < 1.29 is 18.5 Å². The van der Waals surface area contributed by atoms with Gasteiger partial charge in [-0.3, -0.25) is 9.59 Å². The number of benzene rings is 2. The van der Waals surface area contributed by atoms with Crippen LogP contribution in [-0.4, -0.2) is 50.3 Å². The number of hydrogen-bond acceptors (Lipinski definition) is 5. The summed E-state index contributed by atoms with van der Waals surface area (Å²) in [6.45, 7) is 8.14. The van der Waals surface area contributed by atoms with E-state index in [0.29, 0.717) is 24.2 Å². The molecule has 4 rings (SSSR count). The highest BCUT2D eigenvalue weighted by Gasteiger charge is 2.52. The fourth-order valence-electron chi connectivity index (χ4n) is 4.74. The molecule has 2 aromatic carbocycles. The molecule has 1 fully saturated rings. The molecule has 2 N–H and O–H groups in total. The van der Waals surface area contributed by atoms with E-state index in [-0.39, 0.29) is 28.1 Å². The van der Waals surface area contributed by atoms with E-state index >= 15 is 0 Å². The van der Waals surface area contributed by atoms with Crippen molar-refractivity contribution in [2.75, 3.05) is 43.7 Å². The van der Waals surface area contributed by atoms with Crippen LogP contribution >= 0.6 is 18.7 Å². The lowest BCUT2D eigenvalue weighted by atomic mass is 9.69. The average molecular weight is 557 g/mol. The normalized spacial score (nSPS) is 14.7. The summed E-state index contributed by atoms with van der Waals surface area (Å²) in [5.74, 6) is -0.786. The smallest absolute Gasteiger partial charge is 0.253 e. The van der Waals surface area contributed by atoms with Crippen LogP contribution in [0, 0.1) is 5.82 Å². The maximum absolute atomic E-state index is 14.4. The van der Waals surface area contributed by atoms with Crippen LogP contribution in [0.15, 0.2) is 54.7 Å². The Bertz CT molecular complexity index is 1430. The Morgan fingerprint density at radius 3 is 2.39 bits per heavy atom. The van der Waals surface area contributed by atoms with Gasteiger partial charge >= 0.3 is 0 Å². The zero-order valence-electron chi connectivity index (χ0n) is 22.0. The Morgan fingerprint density at radius 2 is 1.82 bits per heavy atom. The van der Waals surface area contributed by atoms with E-state index in [9.17, 15) is 18.5 Å². The number of carbonyl (C=O) groups excluding carboxylic acids is 2. The first kappa shape index (κ1) is 27.8. The van der Waals surface area contributed by atoms with E-state index in [2.05, 4.69) is 29.5 Å². The van der Waals surface area contributed by atoms with Gasteiger partial charge in [0, 0.05) is 31.6 Å². The van der Waals surface area contributed by atoms with E-state index in [1.165, 1.54) is 13.1 Å². The van der Waals surface area contributed by atoms with Gasteiger partial charge in [-0.15, -0.1) is 0 Å². The Hall–Kier alpha value is -3.22. The number of pyridine rings is 1. The van der Waals surface area contributed by atoms with E-state index in [1.54, 1.807) is 25.6 Å². The van der Waals surface area contributed by atoms with Crippen LogP contribution in [0.2, 0.25) is 5.02 Å². The molecule has 3 aromatic rings. The van der Waals surface area contributed by atoms with Crippen molar-refractivity contribution in [3.05, 3.63) is 82.3 Å². The SMILES string of the molecule is CNC(=O)c1cc(Cl)c(F)cc1NC(=O)C1(c2ccccc2C(C)C)CN(c2ccc(P(C)(C)=O)cn2)C1. The Balaban J connectivity index is 1.73. The van der Waals surface area contributed by atoms with Gasteiger partial charge < -0.3 is 20.1 Å². The minimum atomic E-state index is -2.45. The molecule has 10 heteroatoms. The number of hydrogen-bond donors (Lipinski definition) is 2. The maximum Gasteiger partial charge on any atom is 0.253 e. The lowest BCUT2D eigenvalue weighted by Gasteiger charge is -2.50. The largest absolute Gasteiger partial charge is 0.355 e. The number of anilines is 2. The Kier molecular flexibility index (Phi) is 7.69. The molecule has 1 aliphatic rings. The summed E-state index contributed by atoms with van der Waals surface area (Å²) in [5.41, 5.74) is 1.01. The fourth-order valence-corrected chi connectivity index (χ4v) is 5.67. The summed E-state index contributed by atoms with van der Waals surface area (Å²) in [5, 5.41) is 5.79. The van der Waals surface area contributed by atoms with Crippen LogP contribution in [-0.2, 0) is 14.8 Å². The molecular weight excluding hydrogens is 526 g/mol. The summed E-state index contributed by atoms with van der Waals surface area (Å²) in [4.78, 5) is 33.0. The van der Waals surface area contributed by atoms with Crippen LogP contribution in [0.1, 0.15) is 41.3 Å². The van der Waals surface area contributed by atoms with Gasteiger partial charge in [0.2, 0.25) is 5.91 Å². The summed E-state index contributed by atoms with van der Waals surface area (Å²) < 4.78 is 26.8. The van der Waals surface area contributed by atoms with Crippen molar-refractivity contribution >= 4 is 47.4 Å². The zero-order valence-corrected chi connectivity index (χ0v) is 23.7. The molecule has 0 saturated carbocycles. The molecule has 0 aliphatic carbocycles. The molecule has 2 heterocycles. The lowest BCUT2D eigenvalue weighted by Crippen LogP contribution is -2.66. The molecule has 1 aliphatic heterocycles. The van der Waals surface area contributed by atoms with Crippen molar-refractivity contribution in [1.82, 2.24) is 10.3 Å². The van der Waals surface area contributed by atoms with Crippen molar-refractivity contribution in [3.63, 3.8) is 0 Å². The van der Waals surface area contributed by atoms with E-state index in [0.717, 1.165) is 17.2 Å². The van der Waals surface area contributed by atoms with Gasteiger partial charge in [0.05, 0.1) is 16.3 Å². The lowest BCUT2D eigenvalue weighted by molar-refractivity contribution is -0.122. The highest BCUT2D eigenvalue weighted by molar-refractivity contribution is 7.70.